The molecular formula is C11H15NO9. The van der Waals surface area contributed by atoms with Gasteiger partial charge in [-0.3, -0.25) is 0 Å². The molecule has 10 nitrogen and oxygen atoms in total. The predicted octanol–water partition coefficient (Wildman–Crippen LogP) is -1.33. The van der Waals surface area contributed by atoms with Crippen LogP contribution in [0, 0.1) is 0 Å². The highest BCUT2D eigenvalue weighted by Crippen LogP contribution is 2.53. The second-order valence-corrected chi connectivity index (χ2v) is 4.17. The molecule has 3 unspecified atom stereocenters. The average Bonchev–Trinajstić information content (AvgIpc) is 2.45. The van der Waals surface area contributed by atoms with Crippen molar-refractivity contribution in [1.29, 1.82) is 0 Å². The van der Waals surface area contributed by atoms with Crippen molar-refractivity contribution < 1.29 is 45.3 Å². The van der Waals surface area contributed by atoms with Crippen LogP contribution in [-0.4, -0.2) is 61.0 Å². The van der Waals surface area contributed by atoms with Gasteiger partial charge in [-0.15, -0.1) is 0 Å². The van der Waals surface area contributed by atoms with E-state index in [9.17, 15) is 35.4 Å². The van der Waals surface area contributed by atoms with Crippen molar-refractivity contribution in [2.45, 2.75) is 18.2 Å². The number of phenolic OH excluding ortho intramolecular Hbond substituents is 5. The molecule has 0 radical (unpaired) electrons. The third kappa shape index (κ3) is 2.72. The molecule has 0 aliphatic carbocycles. The van der Waals surface area contributed by atoms with Gasteiger partial charge >= 0.3 is 5.97 Å². The Balaban J connectivity index is 3.46. The molecule has 9 N–H and O–H groups in total. The van der Waals surface area contributed by atoms with Crippen molar-refractivity contribution in [3.63, 3.8) is 0 Å². The fourth-order valence-electron chi connectivity index (χ4n) is 1.77. The van der Waals surface area contributed by atoms with Gasteiger partial charge in [-0.2, -0.15) is 0 Å². The van der Waals surface area contributed by atoms with E-state index in [2.05, 4.69) is 0 Å². The maximum Gasteiger partial charge on any atom is 0.334 e. The van der Waals surface area contributed by atoms with Crippen LogP contribution in [0.4, 0.5) is 0 Å². The molecule has 118 valence electrons. The van der Waals surface area contributed by atoms with Crippen LogP contribution in [0.5, 0.6) is 28.7 Å². The van der Waals surface area contributed by atoms with E-state index in [0.717, 1.165) is 7.11 Å². The number of benzene rings is 1. The van der Waals surface area contributed by atoms with Crippen molar-refractivity contribution in [1.82, 2.24) is 0 Å². The minimum Gasteiger partial charge on any atom is -0.504 e. The van der Waals surface area contributed by atoms with Crippen LogP contribution < -0.4 is 5.73 Å². The first kappa shape index (κ1) is 16.6. The lowest BCUT2D eigenvalue weighted by molar-refractivity contribution is -0.149. The molecule has 0 saturated heterocycles. The van der Waals surface area contributed by atoms with Crippen LogP contribution in [-0.2, 0) is 9.53 Å². The summed E-state index contributed by atoms with van der Waals surface area (Å²) in [5.74, 6) is -7.36. The molecule has 3 atom stereocenters. The molecular weight excluding hydrogens is 290 g/mol. The molecule has 0 aromatic heterocycles. The summed E-state index contributed by atoms with van der Waals surface area (Å²) in [6.45, 7) is 0. The van der Waals surface area contributed by atoms with Crippen LogP contribution in [0.25, 0.3) is 0 Å². The second kappa shape index (κ2) is 5.91. The van der Waals surface area contributed by atoms with Gasteiger partial charge in [0.15, 0.2) is 17.6 Å². The van der Waals surface area contributed by atoms with Gasteiger partial charge in [0.2, 0.25) is 17.2 Å². The first-order chi connectivity index (χ1) is 9.64. The molecule has 1 rings (SSSR count). The number of hydrogen-bond donors (Lipinski definition) is 8. The topological polar surface area (TPSA) is 194 Å². The average molecular weight is 305 g/mol. The van der Waals surface area contributed by atoms with E-state index < -0.39 is 58.5 Å². The SMILES string of the molecule is COC(c1c(O)c(O)c(O)c(O)c1O)C(N)C(O)C(=O)O. The van der Waals surface area contributed by atoms with Crippen LogP contribution >= 0.6 is 0 Å². The third-order valence-electron chi connectivity index (χ3n) is 2.91. The molecule has 0 amide bonds. The molecule has 0 saturated carbocycles. The molecule has 0 bridgehead atoms. The second-order valence-electron chi connectivity index (χ2n) is 4.17. The number of phenols is 5. The van der Waals surface area contributed by atoms with Gasteiger partial charge in [0, 0.05) is 7.11 Å². The van der Waals surface area contributed by atoms with Gasteiger partial charge in [-0.05, 0) is 0 Å². The number of hydrogen-bond acceptors (Lipinski definition) is 9. The zero-order valence-corrected chi connectivity index (χ0v) is 10.8. The molecule has 1 aromatic rings. The monoisotopic (exact) mass is 305 g/mol. The maximum absolute atomic E-state index is 10.7. The van der Waals surface area contributed by atoms with Crippen molar-refractivity contribution in [2.75, 3.05) is 7.11 Å². The van der Waals surface area contributed by atoms with Crippen LogP contribution in [0.3, 0.4) is 0 Å². The van der Waals surface area contributed by atoms with E-state index in [-0.39, 0.29) is 0 Å². The minimum atomic E-state index is -2.12. The number of aromatic hydroxyl groups is 5. The highest BCUT2D eigenvalue weighted by Gasteiger charge is 2.37. The van der Waals surface area contributed by atoms with Gasteiger partial charge in [-0.25, -0.2) is 4.79 Å². The highest BCUT2D eigenvalue weighted by molar-refractivity contribution is 5.74. The van der Waals surface area contributed by atoms with E-state index in [1.54, 1.807) is 0 Å². The van der Waals surface area contributed by atoms with E-state index in [4.69, 9.17) is 15.6 Å². The first-order valence-electron chi connectivity index (χ1n) is 5.53. The van der Waals surface area contributed by atoms with E-state index >= 15 is 0 Å². The number of rotatable bonds is 5. The van der Waals surface area contributed by atoms with Gasteiger partial charge in [0.1, 0.15) is 6.10 Å². The van der Waals surface area contributed by atoms with Crippen molar-refractivity contribution in [2.24, 2.45) is 5.73 Å². The Morgan fingerprint density at radius 2 is 1.38 bits per heavy atom. The number of ether oxygens (including phenoxy) is 1. The summed E-state index contributed by atoms with van der Waals surface area (Å²) in [4.78, 5) is 10.7. The standard InChI is InChI=1S/C11H15NO9/c1-21-10(3(12)6(15)11(19)20)2-4(13)7(16)9(18)8(17)5(2)14/h3,6,10,13-18H,12H2,1H3,(H,19,20). The summed E-state index contributed by atoms with van der Waals surface area (Å²) in [5.41, 5.74) is 4.79. The number of carbonyl (C=O) groups is 1. The van der Waals surface area contributed by atoms with Crippen molar-refractivity contribution in [3.8, 4) is 28.7 Å². The van der Waals surface area contributed by atoms with Gasteiger partial charge in [0.05, 0.1) is 11.6 Å². The van der Waals surface area contributed by atoms with E-state index in [1.807, 2.05) is 0 Å². The number of aliphatic hydroxyl groups is 1. The molecule has 0 heterocycles. The highest BCUT2D eigenvalue weighted by atomic mass is 16.5. The zero-order chi connectivity index (χ0) is 16.5. The Hall–Kier alpha value is -2.43. The Morgan fingerprint density at radius 1 is 1.00 bits per heavy atom. The summed E-state index contributed by atoms with van der Waals surface area (Å²) in [6, 6.07) is -1.66. The fraction of sp³-hybridized carbons (Fsp3) is 0.364. The van der Waals surface area contributed by atoms with Crippen molar-refractivity contribution >= 4 is 5.97 Å². The third-order valence-corrected chi connectivity index (χ3v) is 2.91. The zero-order valence-electron chi connectivity index (χ0n) is 10.8. The van der Waals surface area contributed by atoms with Crippen LogP contribution in [0.1, 0.15) is 11.7 Å². The molecule has 0 fully saturated rings. The van der Waals surface area contributed by atoms with Gasteiger partial charge < -0.3 is 46.2 Å². The molecule has 0 aliphatic rings. The molecule has 1 aromatic carbocycles. The normalized spacial score (nSPS) is 15.4. The van der Waals surface area contributed by atoms with Crippen LogP contribution in [0.15, 0.2) is 0 Å². The summed E-state index contributed by atoms with van der Waals surface area (Å²) in [7, 11) is 1.03. The molecule has 21 heavy (non-hydrogen) atoms. The first-order valence-corrected chi connectivity index (χ1v) is 5.53. The summed E-state index contributed by atoms with van der Waals surface area (Å²) >= 11 is 0. The number of methoxy groups -OCH3 is 1. The number of carboxylic acids is 1. The summed E-state index contributed by atoms with van der Waals surface area (Å²) < 4.78 is 4.81. The Morgan fingerprint density at radius 3 is 1.71 bits per heavy atom. The Kier molecular flexibility index (Phi) is 4.68. The number of carboxylic acid groups (broad SMARTS) is 1. The quantitative estimate of drug-likeness (QED) is 0.238. The number of aliphatic hydroxyl groups excluding tert-OH is 1. The Labute approximate surface area is 117 Å². The number of aliphatic carboxylic acids is 1. The Bertz CT molecular complexity index is 530. The lowest BCUT2D eigenvalue weighted by Gasteiger charge is -2.26. The summed E-state index contributed by atoms with van der Waals surface area (Å²) in [6.07, 6.45) is -3.72. The van der Waals surface area contributed by atoms with E-state index in [1.165, 1.54) is 0 Å². The minimum absolute atomic E-state index is 0.682. The van der Waals surface area contributed by atoms with Gasteiger partial charge in [-0.1, -0.05) is 0 Å². The smallest absolute Gasteiger partial charge is 0.334 e. The predicted molar refractivity (Wildman–Crippen MR) is 66.1 cm³/mol. The molecule has 0 aliphatic heterocycles. The molecule has 0 spiro atoms. The maximum atomic E-state index is 10.7. The number of nitrogens with two attached hydrogens (primary N) is 1. The van der Waals surface area contributed by atoms with Gasteiger partial charge in [0.25, 0.3) is 0 Å². The van der Waals surface area contributed by atoms with Crippen molar-refractivity contribution in [3.05, 3.63) is 5.56 Å². The molecule has 10 heteroatoms. The fourth-order valence-corrected chi connectivity index (χ4v) is 1.77. The summed E-state index contributed by atoms with van der Waals surface area (Å²) in [5, 5.41) is 65.6. The largest absolute Gasteiger partial charge is 0.504 e. The van der Waals surface area contributed by atoms with Crippen LogP contribution in [0.2, 0.25) is 0 Å². The van der Waals surface area contributed by atoms with E-state index in [0.29, 0.717) is 0 Å². The lowest BCUT2D eigenvalue weighted by atomic mass is 9.95. The lowest BCUT2D eigenvalue weighted by Crippen LogP contribution is -2.45.